The Morgan fingerprint density at radius 2 is 1.04 bits per heavy atom. The van der Waals surface area contributed by atoms with Gasteiger partial charge in [-0.15, -0.1) is 11.3 Å². The molecule has 0 N–H and O–H groups in total. The van der Waals surface area contributed by atoms with E-state index in [0.717, 1.165) is 28.3 Å². The van der Waals surface area contributed by atoms with Gasteiger partial charge in [0.05, 0.1) is 22.4 Å². The van der Waals surface area contributed by atoms with Crippen LogP contribution in [0.25, 0.3) is 87.1 Å². The van der Waals surface area contributed by atoms with E-state index in [1.807, 2.05) is 11.3 Å². The van der Waals surface area contributed by atoms with Gasteiger partial charge in [-0.05, 0) is 87.8 Å². The van der Waals surface area contributed by atoms with Gasteiger partial charge in [0.1, 0.15) is 0 Å². The van der Waals surface area contributed by atoms with E-state index in [9.17, 15) is 0 Å². The lowest BCUT2D eigenvalue weighted by molar-refractivity contribution is 0.620. The Kier molecular flexibility index (Phi) is 9.77. The van der Waals surface area contributed by atoms with E-state index in [2.05, 4.69) is 265 Å². The summed E-state index contributed by atoms with van der Waals surface area (Å²) in [5, 5.41) is 5.07. The third-order valence-corrected chi connectivity index (χ3v) is 15.3. The molecule has 0 saturated heterocycles. The Morgan fingerprint density at radius 1 is 0.456 bits per heavy atom. The Hall–Kier alpha value is -8.24. The van der Waals surface area contributed by atoms with Gasteiger partial charge < -0.3 is 9.47 Å². The summed E-state index contributed by atoms with van der Waals surface area (Å²) in [4.78, 5) is 2.53. The summed E-state index contributed by atoms with van der Waals surface area (Å²) in [5.41, 5.74) is 18.0. The number of para-hydroxylation sites is 5. The molecule has 0 aliphatic heterocycles. The third kappa shape index (κ3) is 6.53. The number of thiophene rings is 1. The zero-order valence-corrected chi connectivity index (χ0v) is 38.4. The molecule has 13 rings (SSSR count). The first-order valence-corrected chi connectivity index (χ1v) is 24.4. The number of fused-ring (bicyclic) bond motifs is 7. The van der Waals surface area contributed by atoms with E-state index in [0.29, 0.717) is 5.92 Å². The van der Waals surface area contributed by atoms with Gasteiger partial charge >= 0.3 is 0 Å². The summed E-state index contributed by atoms with van der Waals surface area (Å²) in [7, 11) is 0. The summed E-state index contributed by atoms with van der Waals surface area (Å²) >= 11 is 1.88. The molecule has 0 bridgehead atoms. The van der Waals surface area contributed by atoms with Gasteiger partial charge in [0.25, 0.3) is 0 Å². The molecule has 0 amide bonds. The van der Waals surface area contributed by atoms with Crippen LogP contribution in [-0.2, 0) is 0 Å². The zero-order chi connectivity index (χ0) is 45.1. The third-order valence-electron chi connectivity index (χ3n) is 14.1. The molecule has 1 aliphatic carbocycles. The predicted octanol–water partition coefficient (Wildman–Crippen LogP) is 18.4. The first kappa shape index (κ1) is 40.1. The van der Waals surface area contributed by atoms with Crippen LogP contribution in [0.4, 0.5) is 17.1 Å². The van der Waals surface area contributed by atoms with Crippen LogP contribution >= 0.6 is 11.3 Å². The van der Waals surface area contributed by atoms with Crippen LogP contribution in [0.1, 0.15) is 29.5 Å². The van der Waals surface area contributed by atoms with E-state index in [1.165, 1.54) is 86.5 Å². The van der Waals surface area contributed by atoms with Crippen LogP contribution in [0, 0.1) is 5.92 Å². The second kappa shape index (κ2) is 16.6. The average molecular weight is 887 g/mol. The Bertz CT molecular complexity index is 3890. The minimum atomic E-state index is 0.198. The molecule has 10 aromatic carbocycles. The van der Waals surface area contributed by atoms with Crippen molar-refractivity contribution >= 4 is 76.5 Å². The van der Waals surface area contributed by atoms with Crippen molar-refractivity contribution in [2.45, 2.75) is 12.8 Å². The van der Waals surface area contributed by atoms with Crippen molar-refractivity contribution in [3.8, 4) is 39.1 Å². The first-order chi connectivity index (χ1) is 33.7. The predicted molar refractivity (Wildman–Crippen MR) is 291 cm³/mol. The van der Waals surface area contributed by atoms with E-state index >= 15 is 0 Å². The second-order valence-electron chi connectivity index (χ2n) is 18.0. The number of aromatic nitrogens is 1. The van der Waals surface area contributed by atoms with Crippen molar-refractivity contribution in [3.63, 3.8) is 0 Å². The topological polar surface area (TPSA) is 8.17 Å². The lowest BCUT2D eigenvalue weighted by atomic mass is 9.73. The number of hydrogen-bond donors (Lipinski definition) is 0. The van der Waals surface area contributed by atoms with E-state index in [4.69, 9.17) is 0 Å². The molecular weight excluding hydrogens is 841 g/mol. The molecule has 0 fully saturated rings. The smallest absolute Gasteiger partial charge is 0.0620 e. The van der Waals surface area contributed by atoms with Crippen molar-refractivity contribution in [1.82, 2.24) is 4.57 Å². The van der Waals surface area contributed by atoms with E-state index in [1.54, 1.807) is 0 Å². The number of allylic oxidation sites excluding steroid dienone is 1. The molecule has 2 unspecified atom stereocenters. The normalized spacial score (nSPS) is 14.5. The molecule has 2 atom stereocenters. The molecule has 3 heteroatoms. The largest absolute Gasteiger partial charge is 0.309 e. The van der Waals surface area contributed by atoms with Gasteiger partial charge in [-0.3, -0.25) is 0 Å². The molecule has 0 spiro atoms. The molecule has 0 radical (unpaired) electrons. The molecule has 2 nitrogen and oxygen atoms in total. The molecule has 322 valence electrons. The quantitative estimate of drug-likeness (QED) is 0.148. The number of nitrogens with zero attached hydrogens (tertiary/aromatic N) is 2. The number of anilines is 3. The zero-order valence-electron chi connectivity index (χ0n) is 37.6. The minimum absolute atomic E-state index is 0.198. The number of hydrogen-bond acceptors (Lipinski definition) is 2. The number of rotatable bonds is 8. The maximum Gasteiger partial charge on any atom is 0.0620 e. The first-order valence-electron chi connectivity index (χ1n) is 23.6. The van der Waals surface area contributed by atoms with Gasteiger partial charge in [-0.25, -0.2) is 0 Å². The second-order valence-corrected chi connectivity index (χ2v) is 19.1. The monoisotopic (exact) mass is 886 g/mol. The number of benzene rings is 10. The highest BCUT2D eigenvalue weighted by Gasteiger charge is 2.30. The summed E-state index contributed by atoms with van der Waals surface area (Å²) in [6, 6.07) is 87.3. The van der Waals surface area contributed by atoms with Gasteiger partial charge in [0.2, 0.25) is 0 Å². The van der Waals surface area contributed by atoms with Crippen molar-refractivity contribution < 1.29 is 0 Å². The Balaban J connectivity index is 1.09. The van der Waals surface area contributed by atoms with E-state index in [-0.39, 0.29) is 5.92 Å². The summed E-state index contributed by atoms with van der Waals surface area (Å²) < 4.78 is 5.07. The molecule has 12 aromatic rings. The van der Waals surface area contributed by atoms with E-state index < -0.39 is 0 Å². The minimum Gasteiger partial charge on any atom is -0.309 e. The average Bonchev–Trinajstić information content (AvgIpc) is 3.96. The van der Waals surface area contributed by atoms with Crippen LogP contribution in [0.3, 0.4) is 0 Å². The van der Waals surface area contributed by atoms with Crippen molar-refractivity contribution in [1.29, 1.82) is 0 Å². The molecule has 2 heterocycles. The maximum atomic E-state index is 2.53. The lowest BCUT2D eigenvalue weighted by Crippen LogP contribution is -2.17. The fraction of sp³-hybridized carbons (Fsp3) is 0.0462. The van der Waals surface area contributed by atoms with Crippen molar-refractivity contribution in [2.24, 2.45) is 5.92 Å². The van der Waals surface area contributed by atoms with Crippen LogP contribution in [0.5, 0.6) is 0 Å². The van der Waals surface area contributed by atoms with Gasteiger partial charge in [-0.2, -0.15) is 0 Å². The lowest BCUT2D eigenvalue weighted by Gasteiger charge is -2.33. The Labute approximate surface area is 401 Å². The molecule has 68 heavy (non-hydrogen) atoms. The molecule has 0 saturated carbocycles. The standard InChI is InChI=1S/C65H46N2S/c1-43-40-41-45-22-17-32-54(63(45)62(43)44-20-4-2-5-21-44)50-27-8-12-36-58(50)66(48-26-16-23-46(42-48)49-31-18-35-57-53-30-11-15-39-61(53)68-65(49)57)59-37-13-9-28-51(59)55-33-19-34-56-52-29-10-14-38-60(52)67(64(55)56)47-24-6-3-7-25-47/h2-43,62H,1H3. The Morgan fingerprint density at radius 3 is 1.85 bits per heavy atom. The SMILES string of the molecule is CC1C=Cc2cccc(-c3ccccc3N(c3cccc(-c4cccc5c4sc4ccccc45)c3)c3ccccc3-c3cccc4c5ccccc5n(-c5ccccc5)c34)c2C1c1ccccc1. The molecular formula is C65H46N2S. The van der Waals surface area contributed by atoms with Crippen molar-refractivity contribution in [3.05, 3.63) is 259 Å². The fourth-order valence-electron chi connectivity index (χ4n) is 11.1. The van der Waals surface area contributed by atoms with Gasteiger partial charge in [0, 0.05) is 64.9 Å². The van der Waals surface area contributed by atoms with Gasteiger partial charge in [0.15, 0.2) is 0 Å². The van der Waals surface area contributed by atoms with Crippen LogP contribution in [-0.4, -0.2) is 4.57 Å². The highest BCUT2D eigenvalue weighted by Crippen LogP contribution is 2.51. The molecule has 2 aromatic heterocycles. The van der Waals surface area contributed by atoms with Gasteiger partial charge in [-0.1, -0.05) is 207 Å². The summed E-state index contributed by atoms with van der Waals surface area (Å²) in [6.45, 7) is 2.36. The fourth-order valence-corrected chi connectivity index (χ4v) is 12.4. The van der Waals surface area contributed by atoms with Crippen LogP contribution < -0.4 is 4.90 Å². The highest BCUT2D eigenvalue weighted by molar-refractivity contribution is 7.26. The van der Waals surface area contributed by atoms with Crippen molar-refractivity contribution in [2.75, 3.05) is 4.90 Å². The highest BCUT2D eigenvalue weighted by atomic mass is 32.1. The van der Waals surface area contributed by atoms with Crippen LogP contribution in [0.15, 0.2) is 243 Å². The maximum absolute atomic E-state index is 2.53. The van der Waals surface area contributed by atoms with Crippen LogP contribution in [0.2, 0.25) is 0 Å². The summed E-state index contributed by atoms with van der Waals surface area (Å²) in [6.07, 6.45) is 4.72. The molecule has 1 aliphatic rings. The summed E-state index contributed by atoms with van der Waals surface area (Å²) in [5.74, 6) is 0.518.